The molecule has 1 spiro atoms. The first-order valence-corrected chi connectivity index (χ1v) is 20.2. The van der Waals surface area contributed by atoms with Crippen LogP contribution >= 0.6 is 0 Å². The van der Waals surface area contributed by atoms with Gasteiger partial charge in [0.15, 0.2) is 17.5 Å². The van der Waals surface area contributed by atoms with Gasteiger partial charge in [-0.3, -0.25) is 0 Å². The Morgan fingerprint density at radius 3 is 1.70 bits per heavy atom. The molecule has 0 atom stereocenters. The van der Waals surface area contributed by atoms with Crippen molar-refractivity contribution >= 4 is 17.1 Å². The van der Waals surface area contributed by atoms with Gasteiger partial charge in [-0.2, -0.15) is 0 Å². The molecule has 1 aromatic heterocycles. The minimum absolute atomic E-state index is 0.580. The van der Waals surface area contributed by atoms with Gasteiger partial charge in [-0.25, -0.2) is 15.0 Å². The van der Waals surface area contributed by atoms with Crippen molar-refractivity contribution in [3.63, 3.8) is 0 Å². The van der Waals surface area contributed by atoms with E-state index in [1.165, 1.54) is 22.3 Å². The van der Waals surface area contributed by atoms with Crippen molar-refractivity contribution in [1.82, 2.24) is 15.0 Å². The van der Waals surface area contributed by atoms with Gasteiger partial charge < -0.3 is 9.64 Å². The molecule has 0 radical (unpaired) electrons. The van der Waals surface area contributed by atoms with E-state index in [0.717, 1.165) is 67.5 Å². The van der Waals surface area contributed by atoms with Crippen molar-refractivity contribution in [2.24, 2.45) is 0 Å². The molecular formula is C55H38N4O. The Hall–Kier alpha value is -7.89. The second kappa shape index (κ2) is 14.2. The Morgan fingerprint density at radius 1 is 0.467 bits per heavy atom. The molecule has 0 fully saturated rings. The Kier molecular flexibility index (Phi) is 8.34. The summed E-state index contributed by atoms with van der Waals surface area (Å²) in [5.41, 5.74) is 14.1. The Labute approximate surface area is 349 Å². The quantitative estimate of drug-likeness (QED) is 0.162. The molecule has 5 heteroatoms. The lowest BCUT2D eigenvalue weighted by Crippen LogP contribution is -2.32. The van der Waals surface area contributed by atoms with Crippen molar-refractivity contribution in [3.8, 4) is 56.8 Å². The average Bonchev–Trinajstić information content (AvgIpc) is 3.60. The zero-order valence-electron chi connectivity index (χ0n) is 33.0. The molecule has 5 nitrogen and oxygen atoms in total. The van der Waals surface area contributed by atoms with E-state index in [0.29, 0.717) is 17.5 Å². The van der Waals surface area contributed by atoms with Crippen molar-refractivity contribution in [1.29, 1.82) is 0 Å². The fourth-order valence-electron chi connectivity index (χ4n) is 9.14. The van der Waals surface area contributed by atoms with Crippen LogP contribution in [0.25, 0.3) is 51.0 Å². The maximum atomic E-state index is 6.59. The zero-order valence-corrected chi connectivity index (χ0v) is 33.0. The summed E-state index contributed by atoms with van der Waals surface area (Å²) in [5, 5.41) is 0. The van der Waals surface area contributed by atoms with Gasteiger partial charge >= 0.3 is 0 Å². The third-order valence-corrected chi connectivity index (χ3v) is 11.9. The SMILES string of the molecule is C=C(c1cccc(-c2nc(-c3ccccc3)nc(-c3ccc4c(c3)C3(c5ccccc5Oc5ccccc53)c3ccccc3-4)n2)c1)N(c1ccccc1)c1ccccc1C. The van der Waals surface area contributed by atoms with Crippen LogP contribution in [0.4, 0.5) is 11.4 Å². The summed E-state index contributed by atoms with van der Waals surface area (Å²) in [4.78, 5) is 17.8. The van der Waals surface area contributed by atoms with E-state index < -0.39 is 5.41 Å². The first-order valence-electron chi connectivity index (χ1n) is 20.2. The molecule has 0 N–H and O–H groups in total. The van der Waals surface area contributed by atoms with Gasteiger partial charge in [0.05, 0.1) is 5.41 Å². The standard InChI is InChI=1S/C55H38N4O/c1-36-18-9-14-29-49(36)59(42-23-7-4-8-24-42)37(2)39-21-17-22-40(34-39)53-56-52(38-19-5-3-6-20-38)57-54(58-53)41-32-33-44-43-25-10-11-26-45(43)55(48(44)35-41)46-27-12-15-30-50(46)60-51-31-16-13-28-47(51)55/h3-35H,2H2,1H3. The number of aromatic nitrogens is 3. The minimum atomic E-state index is -0.609. The summed E-state index contributed by atoms with van der Waals surface area (Å²) in [6, 6.07) is 69.6. The molecule has 2 heterocycles. The van der Waals surface area contributed by atoms with Crippen LogP contribution in [0.3, 0.4) is 0 Å². The molecule has 8 aromatic carbocycles. The zero-order chi connectivity index (χ0) is 40.2. The smallest absolute Gasteiger partial charge is 0.164 e. The van der Waals surface area contributed by atoms with E-state index in [-0.39, 0.29) is 0 Å². The normalized spacial score (nSPS) is 12.8. The molecule has 60 heavy (non-hydrogen) atoms. The maximum Gasteiger partial charge on any atom is 0.164 e. The van der Waals surface area contributed by atoms with Crippen molar-refractivity contribution in [2.45, 2.75) is 12.3 Å². The molecular weight excluding hydrogens is 733 g/mol. The molecule has 0 saturated heterocycles. The highest BCUT2D eigenvalue weighted by atomic mass is 16.5. The highest BCUT2D eigenvalue weighted by molar-refractivity contribution is 5.91. The van der Waals surface area contributed by atoms with E-state index in [4.69, 9.17) is 19.7 Å². The molecule has 0 saturated carbocycles. The lowest BCUT2D eigenvalue weighted by atomic mass is 9.66. The van der Waals surface area contributed by atoms with E-state index >= 15 is 0 Å². The van der Waals surface area contributed by atoms with Gasteiger partial charge in [0.2, 0.25) is 0 Å². The van der Waals surface area contributed by atoms with Crippen LogP contribution in [0.2, 0.25) is 0 Å². The van der Waals surface area contributed by atoms with Gasteiger partial charge in [0, 0.05) is 44.9 Å². The van der Waals surface area contributed by atoms with Gasteiger partial charge in [-0.1, -0.05) is 164 Å². The second-order valence-electron chi connectivity index (χ2n) is 15.3. The number of ether oxygens (including phenoxy) is 1. The van der Waals surface area contributed by atoms with Crippen molar-refractivity contribution < 1.29 is 4.74 Å². The second-order valence-corrected chi connectivity index (χ2v) is 15.3. The van der Waals surface area contributed by atoms with Gasteiger partial charge in [0.25, 0.3) is 0 Å². The minimum Gasteiger partial charge on any atom is -0.457 e. The molecule has 1 aliphatic heterocycles. The summed E-state index contributed by atoms with van der Waals surface area (Å²) in [6.45, 7) is 6.80. The molecule has 0 unspecified atom stereocenters. The lowest BCUT2D eigenvalue weighted by molar-refractivity contribution is 0.436. The summed E-state index contributed by atoms with van der Waals surface area (Å²) < 4.78 is 6.59. The maximum absolute atomic E-state index is 6.59. The largest absolute Gasteiger partial charge is 0.457 e. The van der Waals surface area contributed by atoms with Crippen molar-refractivity contribution in [3.05, 3.63) is 240 Å². The summed E-state index contributed by atoms with van der Waals surface area (Å²) in [5.74, 6) is 3.49. The number of benzene rings is 8. The van der Waals surface area contributed by atoms with Crippen molar-refractivity contribution in [2.75, 3.05) is 4.90 Å². The van der Waals surface area contributed by atoms with E-state index in [1.807, 2.05) is 48.5 Å². The van der Waals surface area contributed by atoms with Crippen LogP contribution in [0, 0.1) is 6.92 Å². The number of fused-ring (bicyclic) bond motifs is 9. The molecule has 284 valence electrons. The Morgan fingerprint density at radius 2 is 1.00 bits per heavy atom. The third-order valence-electron chi connectivity index (χ3n) is 11.9. The Balaban J connectivity index is 1.09. The van der Waals surface area contributed by atoms with Crippen LogP contribution in [0.1, 0.15) is 33.4 Å². The fraction of sp³-hybridized carbons (Fsp3) is 0.0364. The monoisotopic (exact) mass is 770 g/mol. The summed E-state index contributed by atoms with van der Waals surface area (Å²) in [7, 11) is 0. The summed E-state index contributed by atoms with van der Waals surface area (Å²) in [6.07, 6.45) is 0. The Bertz CT molecular complexity index is 3080. The number of hydrogen-bond acceptors (Lipinski definition) is 5. The highest BCUT2D eigenvalue weighted by Gasteiger charge is 2.51. The molecule has 11 rings (SSSR count). The number of para-hydroxylation sites is 4. The van der Waals surface area contributed by atoms with E-state index in [1.54, 1.807) is 0 Å². The summed E-state index contributed by atoms with van der Waals surface area (Å²) >= 11 is 0. The first-order chi connectivity index (χ1) is 29.6. The fourth-order valence-corrected chi connectivity index (χ4v) is 9.14. The van der Waals surface area contributed by atoms with Crippen LogP contribution in [-0.2, 0) is 5.41 Å². The van der Waals surface area contributed by atoms with Crippen LogP contribution in [-0.4, -0.2) is 15.0 Å². The lowest BCUT2D eigenvalue weighted by Gasteiger charge is -2.39. The van der Waals surface area contributed by atoms with Gasteiger partial charge in [-0.05, 0) is 82.8 Å². The van der Waals surface area contributed by atoms with E-state index in [9.17, 15) is 0 Å². The average molecular weight is 771 g/mol. The van der Waals surface area contributed by atoms with Crippen LogP contribution in [0.15, 0.2) is 207 Å². The molecule has 0 bridgehead atoms. The predicted octanol–water partition coefficient (Wildman–Crippen LogP) is 13.5. The molecule has 9 aromatic rings. The number of aryl methyl sites for hydroxylation is 1. The van der Waals surface area contributed by atoms with Gasteiger partial charge in [0.1, 0.15) is 11.5 Å². The van der Waals surface area contributed by atoms with Gasteiger partial charge in [-0.15, -0.1) is 0 Å². The molecule has 1 aliphatic carbocycles. The first kappa shape index (κ1) is 35.3. The molecule has 0 amide bonds. The predicted molar refractivity (Wildman–Crippen MR) is 242 cm³/mol. The number of anilines is 2. The van der Waals surface area contributed by atoms with Crippen LogP contribution in [0.5, 0.6) is 11.5 Å². The number of nitrogens with zero attached hydrogens (tertiary/aromatic N) is 4. The topological polar surface area (TPSA) is 51.1 Å². The molecule has 2 aliphatic rings. The third kappa shape index (κ3) is 5.58. The van der Waals surface area contributed by atoms with Crippen LogP contribution < -0.4 is 9.64 Å². The number of hydrogen-bond donors (Lipinski definition) is 0. The highest BCUT2D eigenvalue weighted by Crippen LogP contribution is 2.62. The van der Waals surface area contributed by atoms with E-state index in [2.05, 4.69) is 170 Å². The number of rotatable bonds is 7.